The van der Waals surface area contributed by atoms with Crippen molar-refractivity contribution in [3.63, 3.8) is 0 Å². The lowest BCUT2D eigenvalue weighted by Gasteiger charge is -2.38. The predicted octanol–water partition coefficient (Wildman–Crippen LogP) is 5.41. The zero-order chi connectivity index (χ0) is 34.2. The van der Waals surface area contributed by atoms with Crippen molar-refractivity contribution in [2.45, 2.75) is 63.7 Å². The van der Waals surface area contributed by atoms with Crippen LogP contribution in [0.1, 0.15) is 58.6 Å². The summed E-state index contributed by atoms with van der Waals surface area (Å²) in [6, 6.07) is 33.8. The molecule has 0 bridgehead atoms. The summed E-state index contributed by atoms with van der Waals surface area (Å²) < 4.78 is 18.2. The molecule has 4 aromatic carbocycles. The molecule has 0 radical (unpaired) electrons. The quantitative estimate of drug-likeness (QED) is 0.193. The Hall–Kier alpha value is -4.87. The molecule has 2 heterocycles. The highest BCUT2D eigenvalue weighted by molar-refractivity contribution is 6.06. The van der Waals surface area contributed by atoms with Crippen LogP contribution < -0.4 is 5.32 Å². The summed E-state index contributed by atoms with van der Waals surface area (Å²) in [6.45, 7) is 1.61. The Morgan fingerprint density at radius 3 is 2.14 bits per heavy atom. The number of benzene rings is 4. The second kappa shape index (κ2) is 16.0. The zero-order valence-corrected chi connectivity index (χ0v) is 27.4. The molecular formula is C39H41N3O7. The fourth-order valence-electron chi connectivity index (χ4n) is 6.17. The van der Waals surface area contributed by atoms with Crippen molar-refractivity contribution >= 4 is 17.9 Å². The van der Waals surface area contributed by atoms with Crippen LogP contribution in [0.25, 0.3) is 0 Å². The maximum Gasteiger partial charge on any atom is 0.408 e. The third kappa shape index (κ3) is 8.98. The standard InChI is InChI=1S/C39H41N3O7/c1-41(22-27-8-4-2-5-9-27)24-33-20-35(31-16-14-29(25-43)15-17-31)49-38(48-33)32-18-12-28(13-19-32)23-42-36(44)21-34(37(42)45)40-39(46)47-26-30-10-6-3-7-11-30/h2-19,33-35,38,43H,20-26H2,1H3,(H,40,46). The van der Waals surface area contributed by atoms with E-state index in [0.717, 1.165) is 39.3 Å². The molecule has 0 saturated carbocycles. The number of alkyl carbamates (subject to hydrolysis) is 1. The minimum Gasteiger partial charge on any atom is -0.445 e. The number of amides is 3. The summed E-state index contributed by atoms with van der Waals surface area (Å²) in [6.07, 6.45) is -1.17. The maximum atomic E-state index is 13.1. The number of aliphatic hydroxyl groups is 1. The van der Waals surface area contributed by atoms with Crippen LogP contribution in [-0.4, -0.2) is 58.6 Å². The van der Waals surface area contributed by atoms with Gasteiger partial charge in [-0.3, -0.25) is 19.4 Å². The summed E-state index contributed by atoms with van der Waals surface area (Å²) in [5.41, 5.74) is 5.46. The molecule has 2 aliphatic rings. The molecule has 0 aromatic heterocycles. The van der Waals surface area contributed by atoms with Gasteiger partial charge in [0.2, 0.25) is 5.91 Å². The average molecular weight is 664 g/mol. The van der Waals surface area contributed by atoms with Gasteiger partial charge in [-0.25, -0.2) is 4.79 Å². The molecule has 254 valence electrons. The van der Waals surface area contributed by atoms with Gasteiger partial charge in [0.15, 0.2) is 6.29 Å². The number of carbonyl (C=O) groups excluding carboxylic acids is 3. The number of nitrogens with one attached hydrogen (secondary N) is 1. The second-order valence-electron chi connectivity index (χ2n) is 12.6. The van der Waals surface area contributed by atoms with E-state index in [2.05, 4.69) is 29.4 Å². The van der Waals surface area contributed by atoms with E-state index in [4.69, 9.17) is 14.2 Å². The van der Waals surface area contributed by atoms with Crippen molar-refractivity contribution in [1.29, 1.82) is 0 Å². The molecule has 4 unspecified atom stereocenters. The van der Waals surface area contributed by atoms with Crippen LogP contribution in [0.2, 0.25) is 0 Å². The molecule has 3 amide bonds. The summed E-state index contributed by atoms with van der Waals surface area (Å²) in [4.78, 5) is 41.6. The number of ether oxygens (including phenoxy) is 3. The van der Waals surface area contributed by atoms with E-state index in [1.807, 2.05) is 97.1 Å². The molecule has 2 saturated heterocycles. The molecule has 6 rings (SSSR count). The largest absolute Gasteiger partial charge is 0.445 e. The summed E-state index contributed by atoms with van der Waals surface area (Å²) in [7, 11) is 2.08. The van der Waals surface area contributed by atoms with Crippen LogP contribution >= 0.6 is 0 Å². The highest BCUT2D eigenvalue weighted by Crippen LogP contribution is 2.38. The normalized spacial score (nSPS) is 20.8. The first-order valence-corrected chi connectivity index (χ1v) is 16.5. The highest BCUT2D eigenvalue weighted by Gasteiger charge is 2.40. The number of hydrogen-bond donors (Lipinski definition) is 2. The summed E-state index contributed by atoms with van der Waals surface area (Å²) in [5.74, 6) is -0.832. The van der Waals surface area contributed by atoms with Gasteiger partial charge in [-0.15, -0.1) is 0 Å². The number of nitrogens with zero attached hydrogens (tertiary/aromatic N) is 2. The van der Waals surface area contributed by atoms with Gasteiger partial charge >= 0.3 is 6.09 Å². The minimum absolute atomic E-state index is 0.0239. The Bertz CT molecular complexity index is 1700. The van der Waals surface area contributed by atoms with E-state index >= 15 is 0 Å². The lowest BCUT2D eigenvalue weighted by atomic mass is 9.99. The SMILES string of the molecule is CN(Cc1ccccc1)CC1CC(c2ccc(CO)cc2)OC(c2ccc(CN3C(=O)CC(NC(=O)OCc4ccccc4)C3=O)cc2)O1. The Morgan fingerprint density at radius 2 is 1.47 bits per heavy atom. The number of imide groups is 1. The number of hydrogen-bond acceptors (Lipinski definition) is 8. The Kier molecular flexibility index (Phi) is 11.1. The summed E-state index contributed by atoms with van der Waals surface area (Å²) >= 11 is 0. The molecular weight excluding hydrogens is 622 g/mol. The number of likely N-dealkylation sites (tertiary alicyclic amines) is 1. The lowest BCUT2D eigenvalue weighted by Crippen LogP contribution is -2.41. The first-order chi connectivity index (χ1) is 23.8. The molecule has 10 heteroatoms. The van der Waals surface area contributed by atoms with Gasteiger partial charge in [-0.2, -0.15) is 0 Å². The van der Waals surface area contributed by atoms with Crippen molar-refractivity contribution in [3.8, 4) is 0 Å². The van der Waals surface area contributed by atoms with Crippen LogP contribution in [-0.2, 0) is 50.1 Å². The fourth-order valence-corrected chi connectivity index (χ4v) is 6.17. The first kappa shape index (κ1) is 34.0. The van der Waals surface area contributed by atoms with E-state index in [0.29, 0.717) is 13.0 Å². The topological polar surface area (TPSA) is 118 Å². The lowest BCUT2D eigenvalue weighted by molar-refractivity contribution is -0.252. The van der Waals surface area contributed by atoms with E-state index in [1.165, 1.54) is 5.56 Å². The van der Waals surface area contributed by atoms with Crippen molar-refractivity contribution in [1.82, 2.24) is 15.1 Å². The summed E-state index contributed by atoms with van der Waals surface area (Å²) in [5, 5.41) is 12.0. The third-order valence-electron chi connectivity index (χ3n) is 8.77. The van der Waals surface area contributed by atoms with E-state index < -0.39 is 24.3 Å². The third-order valence-corrected chi connectivity index (χ3v) is 8.77. The number of likely N-dealkylation sites (N-methyl/N-ethyl adjacent to an activating group) is 1. The zero-order valence-electron chi connectivity index (χ0n) is 27.4. The van der Waals surface area contributed by atoms with Crippen molar-refractivity contribution < 1.29 is 33.7 Å². The van der Waals surface area contributed by atoms with Gasteiger partial charge in [-0.1, -0.05) is 109 Å². The van der Waals surface area contributed by atoms with E-state index in [1.54, 1.807) is 0 Å². The molecule has 4 atom stereocenters. The van der Waals surface area contributed by atoms with E-state index in [9.17, 15) is 19.5 Å². The Morgan fingerprint density at radius 1 is 0.837 bits per heavy atom. The molecule has 10 nitrogen and oxygen atoms in total. The van der Waals surface area contributed by atoms with Gasteiger partial charge in [0.1, 0.15) is 12.6 Å². The maximum absolute atomic E-state index is 13.1. The van der Waals surface area contributed by atoms with Crippen LogP contribution in [0.5, 0.6) is 0 Å². The highest BCUT2D eigenvalue weighted by atomic mass is 16.7. The van der Waals surface area contributed by atoms with Gasteiger partial charge in [0, 0.05) is 25.1 Å². The number of carbonyl (C=O) groups is 3. The van der Waals surface area contributed by atoms with Crippen molar-refractivity contribution in [2.75, 3.05) is 13.6 Å². The molecule has 4 aromatic rings. The molecule has 2 aliphatic heterocycles. The van der Waals surface area contributed by atoms with Crippen LogP contribution in [0.4, 0.5) is 4.79 Å². The van der Waals surface area contributed by atoms with Gasteiger partial charge in [0.05, 0.1) is 31.8 Å². The minimum atomic E-state index is -0.973. The van der Waals surface area contributed by atoms with Crippen molar-refractivity contribution in [3.05, 3.63) is 143 Å². The number of aliphatic hydroxyl groups excluding tert-OH is 1. The van der Waals surface area contributed by atoms with Gasteiger partial charge in [0.25, 0.3) is 5.91 Å². The monoisotopic (exact) mass is 663 g/mol. The van der Waals surface area contributed by atoms with Crippen LogP contribution in [0.3, 0.4) is 0 Å². The van der Waals surface area contributed by atoms with Crippen LogP contribution in [0, 0.1) is 0 Å². The molecule has 0 aliphatic carbocycles. The van der Waals surface area contributed by atoms with E-state index in [-0.39, 0.29) is 44.3 Å². The molecule has 2 N–H and O–H groups in total. The molecule has 2 fully saturated rings. The second-order valence-corrected chi connectivity index (χ2v) is 12.6. The fraction of sp³-hybridized carbons (Fsp3) is 0.308. The van der Waals surface area contributed by atoms with Gasteiger partial charge < -0.3 is 24.6 Å². The molecule has 0 spiro atoms. The smallest absolute Gasteiger partial charge is 0.408 e. The Labute approximate surface area is 286 Å². The predicted molar refractivity (Wildman–Crippen MR) is 181 cm³/mol. The average Bonchev–Trinajstić information content (AvgIpc) is 3.38. The molecule has 49 heavy (non-hydrogen) atoms. The van der Waals surface area contributed by atoms with Crippen LogP contribution in [0.15, 0.2) is 109 Å². The number of rotatable bonds is 12. The first-order valence-electron chi connectivity index (χ1n) is 16.5. The Balaban J connectivity index is 1.09. The van der Waals surface area contributed by atoms with Gasteiger partial charge in [-0.05, 0) is 34.9 Å². The van der Waals surface area contributed by atoms with Crippen molar-refractivity contribution in [2.24, 2.45) is 0 Å².